The van der Waals surface area contributed by atoms with E-state index in [1.165, 1.54) is 6.08 Å². The zero-order valence-electron chi connectivity index (χ0n) is 11.8. The van der Waals surface area contributed by atoms with Crippen molar-refractivity contribution in [2.45, 2.75) is 20.3 Å². The van der Waals surface area contributed by atoms with Crippen LogP contribution in [0.15, 0.2) is 18.2 Å². The van der Waals surface area contributed by atoms with E-state index in [4.69, 9.17) is 14.6 Å². The van der Waals surface area contributed by atoms with E-state index in [-0.39, 0.29) is 0 Å². The molecule has 0 aliphatic rings. The van der Waals surface area contributed by atoms with E-state index in [1.807, 2.05) is 6.07 Å². The van der Waals surface area contributed by atoms with Gasteiger partial charge in [-0.15, -0.1) is 0 Å². The van der Waals surface area contributed by atoms with Gasteiger partial charge in [-0.2, -0.15) is 0 Å². The number of carboxylic acids is 1. The Morgan fingerprint density at radius 3 is 2.37 bits per heavy atom. The van der Waals surface area contributed by atoms with E-state index in [0.717, 1.165) is 23.8 Å². The fourth-order valence-corrected chi connectivity index (χ4v) is 1.88. The molecule has 0 heterocycles. The van der Waals surface area contributed by atoms with Crippen LogP contribution in [0.1, 0.15) is 25.0 Å². The van der Waals surface area contributed by atoms with E-state index in [2.05, 4.69) is 13.8 Å². The fourth-order valence-electron chi connectivity index (χ4n) is 1.88. The Kier molecular flexibility index (Phi) is 5.42. The van der Waals surface area contributed by atoms with Gasteiger partial charge in [0.15, 0.2) is 0 Å². The van der Waals surface area contributed by atoms with E-state index in [9.17, 15) is 4.79 Å². The van der Waals surface area contributed by atoms with Crippen molar-refractivity contribution < 1.29 is 19.4 Å². The van der Waals surface area contributed by atoms with Gasteiger partial charge in [0, 0.05) is 11.6 Å². The molecular weight excluding hydrogens is 244 g/mol. The lowest BCUT2D eigenvalue weighted by Gasteiger charge is -2.14. The van der Waals surface area contributed by atoms with Crippen LogP contribution in [0.25, 0.3) is 6.08 Å². The Hall–Kier alpha value is -1.97. The molecule has 4 heteroatoms. The average molecular weight is 264 g/mol. The summed E-state index contributed by atoms with van der Waals surface area (Å²) in [6.07, 6.45) is 3.46. The van der Waals surface area contributed by atoms with Crippen molar-refractivity contribution >= 4 is 12.0 Å². The second-order valence-electron chi connectivity index (χ2n) is 4.68. The highest BCUT2D eigenvalue weighted by molar-refractivity contribution is 5.86. The summed E-state index contributed by atoms with van der Waals surface area (Å²) in [5, 5.41) is 8.68. The van der Waals surface area contributed by atoms with E-state index in [1.54, 1.807) is 20.3 Å². The number of carboxylic acid groups (broad SMARTS) is 1. The molecule has 0 unspecified atom stereocenters. The van der Waals surface area contributed by atoms with Crippen molar-refractivity contribution in [3.63, 3.8) is 0 Å². The van der Waals surface area contributed by atoms with Crippen LogP contribution in [0, 0.1) is 5.92 Å². The molecule has 19 heavy (non-hydrogen) atoms. The maximum Gasteiger partial charge on any atom is 0.328 e. The number of hydrogen-bond donors (Lipinski definition) is 1. The number of hydrogen-bond acceptors (Lipinski definition) is 3. The van der Waals surface area contributed by atoms with Crippen molar-refractivity contribution in [1.82, 2.24) is 0 Å². The summed E-state index contributed by atoms with van der Waals surface area (Å²) in [5.41, 5.74) is 1.75. The van der Waals surface area contributed by atoms with E-state index in [0.29, 0.717) is 17.2 Å². The summed E-state index contributed by atoms with van der Waals surface area (Å²) >= 11 is 0. The maximum absolute atomic E-state index is 10.6. The van der Waals surface area contributed by atoms with Gasteiger partial charge in [-0.1, -0.05) is 13.8 Å². The van der Waals surface area contributed by atoms with Gasteiger partial charge in [0.1, 0.15) is 11.5 Å². The van der Waals surface area contributed by atoms with Crippen molar-refractivity contribution in [2.75, 3.05) is 14.2 Å². The van der Waals surface area contributed by atoms with Crippen molar-refractivity contribution in [3.05, 3.63) is 29.3 Å². The van der Waals surface area contributed by atoms with Gasteiger partial charge < -0.3 is 14.6 Å². The molecule has 0 radical (unpaired) electrons. The summed E-state index contributed by atoms with van der Waals surface area (Å²) < 4.78 is 10.7. The predicted octanol–water partition coefficient (Wildman–Crippen LogP) is 3.00. The molecule has 1 aromatic carbocycles. The second kappa shape index (κ2) is 6.83. The number of carbonyl (C=O) groups is 1. The Morgan fingerprint density at radius 2 is 1.89 bits per heavy atom. The molecule has 0 saturated carbocycles. The molecule has 0 aromatic heterocycles. The van der Waals surface area contributed by atoms with Crippen LogP contribution in [-0.2, 0) is 11.2 Å². The third-order valence-corrected chi connectivity index (χ3v) is 2.67. The quantitative estimate of drug-likeness (QED) is 0.802. The van der Waals surface area contributed by atoms with Crippen LogP contribution in [0.3, 0.4) is 0 Å². The minimum absolute atomic E-state index is 0.499. The molecule has 0 aliphatic carbocycles. The molecule has 4 nitrogen and oxygen atoms in total. The lowest BCUT2D eigenvalue weighted by Crippen LogP contribution is -2.00. The molecule has 0 saturated heterocycles. The van der Waals surface area contributed by atoms with Gasteiger partial charge in [-0.25, -0.2) is 4.79 Å². The molecule has 0 amide bonds. The van der Waals surface area contributed by atoms with Crippen LogP contribution in [0.5, 0.6) is 11.5 Å². The molecule has 1 rings (SSSR count). The van der Waals surface area contributed by atoms with Gasteiger partial charge in [0.25, 0.3) is 0 Å². The van der Waals surface area contributed by atoms with Crippen LogP contribution in [-0.4, -0.2) is 25.3 Å². The Morgan fingerprint density at radius 1 is 1.26 bits per heavy atom. The number of ether oxygens (including phenoxy) is 2. The number of aliphatic carboxylic acids is 1. The van der Waals surface area contributed by atoms with Gasteiger partial charge in [-0.3, -0.25) is 0 Å². The van der Waals surface area contributed by atoms with Crippen LogP contribution in [0.4, 0.5) is 0 Å². The summed E-state index contributed by atoms with van der Waals surface area (Å²) in [4.78, 5) is 10.6. The Balaban J connectivity index is 3.22. The van der Waals surface area contributed by atoms with Gasteiger partial charge in [-0.05, 0) is 36.1 Å². The first kappa shape index (κ1) is 15.1. The minimum atomic E-state index is -0.993. The Bertz CT molecular complexity index is 475. The monoisotopic (exact) mass is 264 g/mol. The standard InChI is InChI=1S/C15H20O4/c1-10(2)7-12-9-13(18-3)11(5-6-15(16)17)8-14(12)19-4/h5-6,8-10H,7H2,1-4H3,(H,16,17)/b6-5+. The van der Waals surface area contributed by atoms with Crippen molar-refractivity contribution in [1.29, 1.82) is 0 Å². The van der Waals surface area contributed by atoms with Gasteiger partial charge in [0.2, 0.25) is 0 Å². The minimum Gasteiger partial charge on any atom is -0.496 e. The molecular formula is C15H20O4. The summed E-state index contributed by atoms with van der Waals surface area (Å²) in [6.45, 7) is 4.26. The highest BCUT2D eigenvalue weighted by atomic mass is 16.5. The largest absolute Gasteiger partial charge is 0.496 e. The fraction of sp³-hybridized carbons (Fsp3) is 0.400. The lowest BCUT2D eigenvalue weighted by molar-refractivity contribution is -0.131. The first-order valence-corrected chi connectivity index (χ1v) is 6.13. The number of benzene rings is 1. The number of rotatable bonds is 6. The summed E-state index contributed by atoms with van der Waals surface area (Å²) in [6, 6.07) is 3.70. The molecule has 1 N–H and O–H groups in total. The van der Waals surface area contributed by atoms with Gasteiger partial charge in [0.05, 0.1) is 14.2 Å². The zero-order valence-corrected chi connectivity index (χ0v) is 11.8. The molecule has 0 fully saturated rings. The van der Waals surface area contributed by atoms with Crippen molar-refractivity contribution in [2.24, 2.45) is 5.92 Å². The molecule has 0 aliphatic heterocycles. The molecule has 0 spiro atoms. The first-order chi connectivity index (χ1) is 8.97. The van der Waals surface area contributed by atoms with E-state index < -0.39 is 5.97 Å². The highest BCUT2D eigenvalue weighted by Crippen LogP contribution is 2.31. The summed E-state index contributed by atoms with van der Waals surface area (Å²) in [7, 11) is 3.18. The third kappa shape index (κ3) is 4.32. The molecule has 104 valence electrons. The average Bonchev–Trinajstić information content (AvgIpc) is 2.35. The van der Waals surface area contributed by atoms with Crippen LogP contribution in [0.2, 0.25) is 0 Å². The third-order valence-electron chi connectivity index (χ3n) is 2.67. The number of methoxy groups -OCH3 is 2. The SMILES string of the molecule is COc1cc(CC(C)C)c(OC)cc1/C=C/C(=O)O. The second-order valence-corrected chi connectivity index (χ2v) is 4.68. The van der Waals surface area contributed by atoms with Crippen LogP contribution < -0.4 is 9.47 Å². The smallest absolute Gasteiger partial charge is 0.328 e. The summed E-state index contributed by atoms with van der Waals surface area (Å²) in [5.74, 6) is 0.903. The maximum atomic E-state index is 10.6. The van der Waals surface area contributed by atoms with Gasteiger partial charge >= 0.3 is 5.97 Å². The van der Waals surface area contributed by atoms with Crippen LogP contribution >= 0.6 is 0 Å². The normalized spacial score (nSPS) is 11.0. The topological polar surface area (TPSA) is 55.8 Å². The molecule has 0 atom stereocenters. The van der Waals surface area contributed by atoms with Crippen molar-refractivity contribution in [3.8, 4) is 11.5 Å². The first-order valence-electron chi connectivity index (χ1n) is 6.13. The molecule has 0 bridgehead atoms. The molecule has 1 aromatic rings. The lowest BCUT2D eigenvalue weighted by atomic mass is 9.99. The van der Waals surface area contributed by atoms with E-state index >= 15 is 0 Å². The highest BCUT2D eigenvalue weighted by Gasteiger charge is 2.11. The predicted molar refractivity (Wildman–Crippen MR) is 74.8 cm³/mol. The zero-order chi connectivity index (χ0) is 14.4. The Labute approximate surface area is 113 Å².